The first-order valence-electron chi connectivity index (χ1n) is 14.6. The van der Waals surface area contributed by atoms with Crippen molar-refractivity contribution in [2.45, 2.75) is 99.1 Å². The molecule has 2 aromatic rings. The van der Waals surface area contributed by atoms with Gasteiger partial charge in [-0.3, -0.25) is 9.59 Å². The van der Waals surface area contributed by atoms with Crippen LogP contribution in [0.15, 0.2) is 48.5 Å². The van der Waals surface area contributed by atoms with E-state index in [0.717, 1.165) is 11.1 Å². The van der Waals surface area contributed by atoms with Crippen molar-refractivity contribution in [3.05, 3.63) is 70.8 Å². The summed E-state index contributed by atoms with van der Waals surface area (Å²) in [7, 11) is 0. The van der Waals surface area contributed by atoms with Gasteiger partial charge in [0, 0.05) is 31.7 Å². The predicted molar refractivity (Wildman–Crippen MR) is 197 cm³/mol. The standard InChI is InChI=1S/C17H22O4S.C12H14O2S.C5H10O3.CH4.B.H2/c1-5-17(4,21-15(18)10-20-12(2)3)16(19)14-8-6-13(11-22)7-9-14;1-3-12(2,14)11(13)10-6-4-9(8-15)5-7-10;1-4(2)8-3-5(6)7;;;/h6-9,11-12H,5,10H2,1-4H3;4-8,14H,3H2,1-2H3;4H,3H2,1-2H3,(H,6,7);1H4;;1H/t17-;12-;;;;/m00..../s1/i;;;;;1+1. The Morgan fingerprint density at radius 2 is 1.15 bits per heavy atom. The van der Waals surface area contributed by atoms with Crippen LogP contribution in [0.5, 0.6) is 0 Å². The highest BCUT2D eigenvalue weighted by Gasteiger charge is 2.36. The molecule has 2 N–H and O–H groups in total. The third-order valence-corrected chi connectivity index (χ3v) is 6.91. The SMILES string of the molecule is C.CC(C)OCC(=O)O.CC[C@](C)(O)C(=O)c1ccc(C=S)cc1.CC[C@](C)(OC(=O)COC(C)C)C(=O)c1ccc(C=S)cc1.[2HH].[B]. The lowest BCUT2D eigenvalue weighted by molar-refractivity contribution is -0.161. The minimum absolute atomic E-state index is 0. The van der Waals surface area contributed by atoms with Crippen molar-refractivity contribution < 1.29 is 45.0 Å². The molecule has 0 aromatic heterocycles. The van der Waals surface area contributed by atoms with Crippen molar-refractivity contribution in [1.29, 1.82) is 0 Å². The van der Waals surface area contributed by atoms with Crippen LogP contribution in [0.4, 0.5) is 0 Å². The van der Waals surface area contributed by atoms with E-state index >= 15 is 0 Å². The number of hydrogen-bond acceptors (Lipinski definition) is 10. The zero-order valence-corrected chi connectivity index (χ0v) is 29.5. The Kier molecular flexibility index (Phi) is 24.7. The second kappa shape index (κ2) is 24.1. The number of benzene rings is 2. The van der Waals surface area contributed by atoms with Gasteiger partial charge in [-0.25, -0.2) is 9.59 Å². The molecule has 0 aliphatic rings. The van der Waals surface area contributed by atoms with Gasteiger partial charge in [0.05, 0.1) is 12.2 Å². The molecule has 47 heavy (non-hydrogen) atoms. The van der Waals surface area contributed by atoms with Crippen LogP contribution in [-0.2, 0) is 23.8 Å². The van der Waals surface area contributed by atoms with E-state index < -0.39 is 23.1 Å². The first kappa shape index (κ1) is 48.2. The normalized spacial score (nSPS) is 12.6. The lowest BCUT2D eigenvalue weighted by Crippen LogP contribution is -2.41. The van der Waals surface area contributed by atoms with E-state index in [1.165, 1.54) is 12.3 Å². The van der Waals surface area contributed by atoms with E-state index in [9.17, 15) is 24.3 Å². The molecule has 261 valence electrons. The summed E-state index contributed by atoms with van der Waals surface area (Å²) in [6.45, 7) is 13.6. The van der Waals surface area contributed by atoms with Gasteiger partial charge in [-0.15, -0.1) is 0 Å². The lowest BCUT2D eigenvalue weighted by Gasteiger charge is -2.27. The van der Waals surface area contributed by atoms with E-state index in [-0.39, 0.29) is 54.3 Å². The molecule has 2 atom stereocenters. The van der Waals surface area contributed by atoms with E-state index in [1.807, 2.05) is 13.8 Å². The van der Waals surface area contributed by atoms with Crippen LogP contribution < -0.4 is 0 Å². The molecule has 0 fully saturated rings. The molecule has 0 aliphatic carbocycles. The lowest BCUT2D eigenvalue weighted by atomic mass is 9.91. The number of thiocarbonyl (C=S) groups is 2. The molecule has 0 saturated heterocycles. The number of aliphatic hydroxyl groups is 1. The Balaban J connectivity index is -0.000000325. The van der Waals surface area contributed by atoms with Gasteiger partial charge in [-0.2, -0.15) is 0 Å². The third kappa shape index (κ3) is 18.7. The maximum Gasteiger partial charge on any atom is 0.333 e. The van der Waals surface area contributed by atoms with Gasteiger partial charge < -0.3 is 24.4 Å². The van der Waals surface area contributed by atoms with Gasteiger partial charge in [0.15, 0.2) is 11.4 Å². The average Bonchev–Trinajstić information content (AvgIpc) is 3.02. The van der Waals surface area contributed by atoms with Gasteiger partial charge >= 0.3 is 11.9 Å². The molecule has 0 unspecified atom stereocenters. The number of Topliss-reactive ketones (excluding diaryl/α,β-unsaturated/α-hetero) is 2. The highest BCUT2D eigenvalue weighted by Crippen LogP contribution is 2.22. The second-order valence-electron chi connectivity index (χ2n) is 10.9. The monoisotopic (exact) mass is 692 g/mol. The zero-order chi connectivity index (χ0) is 34.8. The summed E-state index contributed by atoms with van der Waals surface area (Å²) >= 11 is 9.60. The molecule has 0 aliphatic heterocycles. The second-order valence-corrected chi connectivity index (χ2v) is 11.4. The Morgan fingerprint density at radius 1 is 0.766 bits per heavy atom. The van der Waals surface area contributed by atoms with Crippen molar-refractivity contribution in [2.75, 3.05) is 13.2 Å². The first-order chi connectivity index (χ1) is 21.0. The molecule has 0 amide bonds. The number of rotatable bonds is 15. The van der Waals surface area contributed by atoms with Gasteiger partial charge in [-0.1, -0.05) is 94.2 Å². The summed E-state index contributed by atoms with van der Waals surface area (Å²) in [5.41, 5.74) is 0.269. The largest absolute Gasteiger partial charge is 0.480 e. The van der Waals surface area contributed by atoms with Crippen LogP contribution in [0.25, 0.3) is 0 Å². The average molecular weight is 693 g/mol. The fourth-order valence-corrected chi connectivity index (χ4v) is 3.55. The van der Waals surface area contributed by atoms with Crippen molar-refractivity contribution in [3.63, 3.8) is 0 Å². The molecule has 0 bridgehead atoms. The summed E-state index contributed by atoms with van der Waals surface area (Å²) in [4.78, 5) is 46.0. The topological polar surface area (TPSA) is 136 Å². The molecule has 2 aromatic carbocycles. The molecule has 9 nitrogen and oxygen atoms in total. The minimum Gasteiger partial charge on any atom is -0.480 e. The molecule has 0 heterocycles. The predicted octanol–water partition coefficient (Wildman–Crippen LogP) is 6.73. The van der Waals surface area contributed by atoms with E-state index in [0.29, 0.717) is 24.0 Å². The molecule has 2 rings (SSSR count). The maximum absolute atomic E-state index is 12.6. The van der Waals surface area contributed by atoms with Gasteiger partial charge in [0.25, 0.3) is 0 Å². The minimum atomic E-state index is -1.28. The molecular weight excluding hydrogens is 639 g/mol. The van der Waals surface area contributed by atoms with Crippen molar-refractivity contribution in [3.8, 4) is 0 Å². The number of carbonyl (C=O) groups is 4. The van der Waals surface area contributed by atoms with Crippen LogP contribution in [0.2, 0.25) is 0 Å². The Hall–Kier alpha value is -3.16. The first-order valence-corrected chi connectivity index (χ1v) is 15.5. The zero-order valence-electron chi connectivity index (χ0n) is 27.9. The van der Waals surface area contributed by atoms with Crippen LogP contribution in [0, 0.1) is 0 Å². The highest BCUT2D eigenvalue weighted by molar-refractivity contribution is 7.79. The van der Waals surface area contributed by atoms with Crippen molar-refractivity contribution in [2.24, 2.45) is 0 Å². The Morgan fingerprint density at radius 3 is 1.45 bits per heavy atom. The number of carboxylic acid groups (broad SMARTS) is 1. The van der Waals surface area contributed by atoms with E-state index in [1.54, 1.807) is 88.5 Å². The number of esters is 1. The molecular formula is C35H52BO9S2. The molecule has 0 saturated carbocycles. The van der Waals surface area contributed by atoms with Crippen molar-refractivity contribution >= 4 is 67.1 Å². The van der Waals surface area contributed by atoms with Gasteiger partial charge in [0.2, 0.25) is 5.78 Å². The molecule has 0 spiro atoms. The quantitative estimate of drug-likeness (QED) is 0.0890. The number of hydrogen-bond donors (Lipinski definition) is 2. The number of carboxylic acids is 1. The molecule has 3 radical (unpaired) electrons. The Bertz CT molecular complexity index is 1270. The van der Waals surface area contributed by atoms with Gasteiger partial charge in [0.1, 0.15) is 18.8 Å². The number of aliphatic carboxylic acids is 1. The summed E-state index contributed by atoms with van der Waals surface area (Å²) in [6, 6.07) is 13.8. The summed E-state index contributed by atoms with van der Waals surface area (Å²) in [5, 5.41) is 20.9. The summed E-state index contributed by atoms with van der Waals surface area (Å²) in [5.74, 6) is -1.94. The highest BCUT2D eigenvalue weighted by atomic mass is 32.1. The third-order valence-electron chi connectivity index (χ3n) is 6.36. The van der Waals surface area contributed by atoms with Crippen molar-refractivity contribution in [1.82, 2.24) is 0 Å². The fourth-order valence-electron chi connectivity index (χ4n) is 3.24. The number of ketones is 2. The maximum atomic E-state index is 12.6. The van der Waals surface area contributed by atoms with E-state index in [2.05, 4.69) is 0 Å². The molecule has 12 heteroatoms. The smallest absolute Gasteiger partial charge is 0.333 e. The summed E-state index contributed by atoms with van der Waals surface area (Å²) < 4.78 is 15.3. The van der Waals surface area contributed by atoms with Crippen LogP contribution >= 0.6 is 24.4 Å². The fraction of sp³-hybridized carbons (Fsp3) is 0.486. The Labute approximate surface area is 294 Å². The van der Waals surface area contributed by atoms with E-state index in [4.69, 9.17) is 43.8 Å². The number of ether oxygens (including phenoxy) is 3. The van der Waals surface area contributed by atoms with Crippen LogP contribution in [0.3, 0.4) is 0 Å². The van der Waals surface area contributed by atoms with Crippen LogP contribution in [-0.4, -0.2) is 89.5 Å². The van der Waals surface area contributed by atoms with Crippen LogP contribution in [0.1, 0.15) is 109 Å². The van der Waals surface area contributed by atoms with Gasteiger partial charge in [-0.05, 0) is 65.5 Å². The summed E-state index contributed by atoms with van der Waals surface area (Å²) in [6.07, 6.45) is 0.721. The number of carbonyl (C=O) groups excluding carboxylic acids is 3.